The fourth-order valence-corrected chi connectivity index (χ4v) is 3.07. The van der Waals surface area contributed by atoms with Gasteiger partial charge in [0.15, 0.2) is 5.65 Å². The summed E-state index contributed by atoms with van der Waals surface area (Å²) < 4.78 is 39.9. The SMILES string of the molecule is CCn1ncc2c(N[C@H](C)C(C)C)c(C(=O)NCc3ccc(C(F)(F)F)cc3)cnc21. The van der Waals surface area contributed by atoms with Crippen molar-refractivity contribution in [3.05, 3.63) is 53.3 Å². The van der Waals surface area contributed by atoms with Crippen LogP contribution in [-0.2, 0) is 19.3 Å². The average molecular weight is 433 g/mol. The Morgan fingerprint density at radius 1 is 1.13 bits per heavy atom. The molecular formula is C22H26F3N5O. The number of fused-ring (bicyclic) bond motifs is 1. The van der Waals surface area contributed by atoms with Crippen molar-refractivity contribution < 1.29 is 18.0 Å². The molecule has 0 spiro atoms. The Kier molecular flexibility index (Phi) is 6.52. The van der Waals surface area contributed by atoms with Crippen LogP contribution in [0.4, 0.5) is 18.9 Å². The molecule has 31 heavy (non-hydrogen) atoms. The number of nitrogens with one attached hydrogen (secondary N) is 2. The highest BCUT2D eigenvalue weighted by Crippen LogP contribution is 2.30. The Balaban J connectivity index is 1.85. The summed E-state index contributed by atoms with van der Waals surface area (Å²) in [6.07, 6.45) is -1.19. The second-order valence-corrected chi connectivity index (χ2v) is 7.80. The second-order valence-electron chi connectivity index (χ2n) is 7.80. The van der Waals surface area contributed by atoms with E-state index in [2.05, 4.69) is 34.6 Å². The number of halogens is 3. The van der Waals surface area contributed by atoms with Gasteiger partial charge in [-0.2, -0.15) is 18.3 Å². The van der Waals surface area contributed by atoms with E-state index in [1.54, 1.807) is 10.9 Å². The largest absolute Gasteiger partial charge is 0.416 e. The molecule has 0 aliphatic carbocycles. The third-order valence-corrected chi connectivity index (χ3v) is 5.32. The fraction of sp³-hybridized carbons (Fsp3) is 0.409. The molecule has 2 aromatic heterocycles. The maximum Gasteiger partial charge on any atom is 0.416 e. The van der Waals surface area contributed by atoms with Gasteiger partial charge in [0, 0.05) is 25.3 Å². The van der Waals surface area contributed by atoms with Crippen LogP contribution in [0, 0.1) is 5.92 Å². The van der Waals surface area contributed by atoms with Gasteiger partial charge >= 0.3 is 6.18 Å². The van der Waals surface area contributed by atoms with Crippen molar-refractivity contribution in [1.29, 1.82) is 0 Å². The summed E-state index contributed by atoms with van der Waals surface area (Å²) in [5.41, 5.74) is 1.54. The number of carbonyl (C=O) groups excluding carboxylic acids is 1. The highest BCUT2D eigenvalue weighted by molar-refractivity contribution is 6.06. The quantitative estimate of drug-likeness (QED) is 0.558. The first-order valence-electron chi connectivity index (χ1n) is 10.2. The molecule has 0 saturated carbocycles. The molecule has 2 N–H and O–H groups in total. The normalized spacial score (nSPS) is 12.9. The van der Waals surface area contributed by atoms with E-state index in [9.17, 15) is 18.0 Å². The number of anilines is 1. The number of rotatable bonds is 7. The molecule has 3 aromatic rings. The van der Waals surface area contributed by atoms with Crippen molar-refractivity contribution in [3.63, 3.8) is 0 Å². The molecule has 0 bridgehead atoms. The maximum atomic E-state index is 12.9. The zero-order valence-electron chi connectivity index (χ0n) is 17.9. The molecule has 0 fully saturated rings. The lowest BCUT2D eigenvalue weighted by molar-refractivity contribution is -0.137. The number of nitrogens with zero attached hydrogens (tertiary/aromatic N) is 3. The van der Waals surface area contributed by atoms with Gasteiger partial charge in [0.05, 0.1) is 28.4 Å². The van der Waals surface area contributed by atoms with Gasteiger partial charge in [-0.15, -0.1) is 0 Å². The number of aromatic nitrogens is 3. The molecule has 1 atom stereocenters. The number of pyridine rings is 1. The highest BCUT2D eigenvalue weighted by Gasteiger charge is 2.30. The monoisotopic (exact) mass is 433 g/mol. The zero-order valence-corrected chi connectivity index (χ0v) is 17.9. The lowest BCUT2D eigenvalue weighted by Gasteiger charge is -2.21. The van der Waals surface area contributed by atoms with Gasteiger partial charge in [0.2, 0.25) is 0 Å². The van der Waals surface area contributed by atoms with E-state index in [0.717, 1.165) is 17.5 Å². The lowest BCUT2D eigenvalue weighted by Crippen LogP contribution is -2.27. The zero-order chi connectivity index (χ0) is 22.8. The summed E-state index contributed by atoms with van der Waals surface area (Å²) in [6.45, 7) is 8.90. The third kappa shape index (κ3) is 4.98. The minimum Gasteiger partial charge on any atom is -0.381 e. The molecule has 0 aliphatic rings. The average Bonchev–Trinajstić information content (AvgIpc) is 3.15. The summed E-state index contributed by atoms with van der Waals surface area (Å²) in [5, 5.41) is 11.3. The molecule has 1 aromatic carbocycles. The number of hydrogen-bond acceptors (Lipinski definition) is 4. The van der Waals surface area contributed by atoms with Crippen molar-refractivity contribution in [3.8, 4) is 0 Å². The maximum absolute atomic E-state index is 12.9. The van der Waals surface area contributed by atoms with Crippen LogP contribution >= 0.6 is 0 Å². The van der Waals surface area contributed by atoms with E-state index < -0.39 is 11.7 Å². The van der Waals surface area contributed by atoms with Crippen LogP contribution in [0.3, 0.4) is 0 Å². The van der Waals surface area contributed by atoms with Crippen LogP contribution in [0.15, 0.2) is 36.7 Å². The first-order chi connectivity index (χ1) is 14.6. The van der Waals surface area contributed by atoms with Gasteiger partial charge < -0.3 is 10.6 Å². The predicted octanol–water partition coefficient (Wildman–Crippen LogP) is 4.86. The van der Waals surface area contributed by atoms with Crippen molar-refractivity contribution in [2.45, 2.75) is 53.0 Å². The van der Waals surface area contributed by atoms with Gasteiger partial charge in [-0.25, -0.2) is 9.67 Å². The molecule has 9 heteroatoms. The van der Waals surface area contributed by atoms with Crippen molar-refractivity contribution in [2.75, 3.05) is 5.32 Å². The van der Waals surface area contributed by atoms with Gasteiger partial charge in [-0.1, -0.05) is 26.0 Å². The number of alkyl halides is 3. The number of aryl methyl sites for hydroxylation is 1. The van der Waals surface area contributed by atoms with Gasteiger partial charge in [0.1, 0.15) is 0 Å². The highest BCUT2D eigenvalue weighted by atomic mass is 19.4. The van der Waals surface area contributed by atoms with E-state index in [1.807, 2.05) is 13.8 Å². The van der Waals surface area contributed by atoms with E-state index >= 15 is 0 Å². The number of hydrogen-bond donors (Lipinski definition) is 2. The van der Waals surface area contributed by atoms with Crippen molar-refractivity contribution >= 4 is 22.6 Å². The molecule has 0 unspecified atom stereocenters. The smallest absolute Gasteiger partial charge is 0.381 e. The van der Waals surface area contributed by atoms with Crippen LogP contribution in [0.25, 0.3) is 11.0 Å². The van der Waals surface area contributed by atoms with Crippen LogP contribution in [0.2, 0.25) is 0 Å². The summed E-state index contributed by atoms with van der Waals surface area (Å²) in [5.74, 6) is -0.0375. The number of benzene rings is 1. The molecule has 0 radical (unpaired) electrons. The molecule has 3 rings (SSSR count). The van der Waals surface area contributed by atoms with E-state index in [0.29, 0.717) is 34.9 Å². The first-order valence-corrected chi connectivity index (χ1v) is 10.2. The Morgan fingerprint density at radius 2 is 1.81 bits per heavy atom. The van der Waals surface area contributed by atoms with Crippen LogP contribution < -0.4 is 10.6 Å². The van der Waals surface area contributed by atoms with Gasteiger partial charge in [-0.05, 0) is 37.5 Å². The summed E-state index contributed by atoms with van der Waals surface area (Å²) in [4.78, 5) is 17.4. The number of amides is 1. The minimum atomic E-state index is -4.39. The van der Waals surface area contributed by atoms with E-state index in [-0.39, 0.29) is 18.5 Å². The molecule has 166 valence electrons. The van der Waals surface area contributed by atoms with Crippen molar-refractivity contribution in [1.82, 2.24) is 20.1 Å². The van der Waals surface area contributed by atoms with E-state index in [4.69, 9.17) is 0 Å². The summed E-state index contributed by atoms with van der Waals surface area (Å²) >= 11 is 0. The molecule has 1 amide bonds. The number of carbonyl (C=O) groups is 1. The third-order valence-electron chi connectivity index (χ3n) is 5.32. The van der Waals surface area contributed by atoms with Crippen molar-refractivity contribution in [2.24, 2.45) is 5.92 Å². The second kappa shape index (κ2) is 8.95. The summed E-state index contributed by atoms with van der Waals surface area (Å²) in [7, 11) is 0. The molecule has 0 saturated heterocycles. The standard InChI is InChI=1S/C22H26F3N5O/c1-5-30-20-17(12-28-30)19(29-14(4)13(2)3)18(11-26-20)21(31)27-10-15-6-8-16(9-7-15)22(23,24)25/h6-9,11-14H,5,10H2,1-4H3,(H,26,29)(H,27,31)/t14-/m1/s1. The molecular weight excluding hydrogens is 407 g/mol. The molecule has 6 nitrogen and oxygen atoms in total. The fourth-order valence-electron chi connectivity index (χ4n) is 3.07. The Hall–Kier alpha value is -3.10. The van der Waals surface area contributed by atoms with E-state index in [1.165, 1.54) is 18.3 Å². The molecule has 0 aliphatic heterocycles. The first kappa shape index (κ1) is 22.6. The van der Waals surface area contributed by atoms with Gasteiger partial charge in [0.25, 0.3) is 5.91 Å². The minimum absolute atomic E-state index is 0.0945. The lowest BCUT2D eigenvalue weighted by atomic mass is 10.0. The van der Waals surface area contributed by atoms with Crippen LogP contribution in [0.5, 0.6) is 0 Å². The Labute approximate surface area is 178 Å². The Morgan fingerprint density at radius 3 is 2.39 bits per heavy atom. The summed E-state index contributed by atoms with van der Waals surface area (Å²) in [6, 6.07) is 4.82. The predicted molar refractivity (Wildman–Crippen MR) is 114 cm³/mol. The topological polar surface area (TPSA) is 71.8 Å². The molecule has 2 heterocycles. The Bertz CT molecular complexity index is 1060. The van der Waals surface area contributed by atoms with Crippen LogP contribution in [-0.4, -0.2) is 26.7 Å². The van der Waals surface area contributed by atoms with Crippen LogP contribution in [0.1, 0.15) is 49.2 Å². The van der Waals surface area contributed by atoms with Gasteiger partial charge in [-0.3, -0.25) is 4.79 Å².